The average Bonchev–Trinajstić information content (AvgIpc) is 2.97. The van der Waals surface area contributed by atoms with Gasteiger partial charge in [-0.3, -0.25) is 4.79 Å². The first-order valence-electron chi connectivity index (χ1n) is 7.84. The molecule has 112 valence electrons. The number of carbonyl (C=O) groups excluding carboxylic acids is 1. The van der Waals surface area contributed by atoms with E-state index >= 15 is 0 Å². The summed E-state index contributed by atoms with van der Waals surface area (Å²) in [5.74, 6) is 1.62. The zero-order valence-corrected chi connectivity index (χ0v) is 13.4. The maximum absolute atomic E-state index is 12.3. The van der Waals surface area contributed by atoms with Crippen LogP contribution < -0.4 is 0 Å². The molecule has 0 radical (unpaired) electrons. The van der Waals surface area contributed by atoms with Crippen LogP contribution >= 0.6 is 0 Å². The van der Waals surface area contributed by atoms with Gasteiger partial charge in [0.1, 0.15) is 5.60 Å². The minimum Gasteiger partial charge on any atom is -0.459 e. The van der Waals surface area contributed by atoms with Gasteiger partial charge in [-0.25, -0.2) is 0 Å². The van der Waals surface area contributed by atoms with Crippen LogP contribution in [0, 0.1) is 40.4 Å². The molecule has 0 aromatic rings. The van der Waals surface area contributed by atoms with E-state index in [2.05, 4.69) is 6.07 Å². The van der Waals surface area contributed by atoms with Gasteiger partial charge < -0.3 is 4.74 Å². The molecule has 3 nitrogen and oxygen atoms in total. The van der Waals surface area contributed by atoms with Gasteiger partial charge in [0.15, 0.2) is 0 Å². The summed E-state index contributed by atoms with van der Waals surface area (Å²) < 4.78 is 5.88. The molecule has 0 saturated heterocycles. The molecular weight excluding hydrogens is 250 g/mol. The van der Waals surface area contributed by atoms with E-state index in [1.165, 1.54) is 0 Å². The highest BCUT2D eigenvalue weighted by Crippen LogP contribution is 2.55. The lowest BCUT2D eigenvalue weighted by atomic mass is 9.74. The summed E-state index contributed by atoms with van der Waals surface area (Å²) in [5.41, 5.74) is -0.826. The van der Waals surface area contributed by atoms with Crippen LogP contribution in [0.4, 0.5) is 0 Å². The molecule has 0 aliphatic heterocycles. The molecule has 4 atom stereocenters. The zero-order valence-electron chi connectivity index (χ0n) is 13.4. The number of carbonyl (C=O) groups is 1. The van der Waals surface area contributed by atoms with E-state index in [0.29, 0.717) is 17.8 Å². The van der Waals surface area contributed by atoms with E-state index in [1.807, 2.05) is 34.6 Å². The van der Waals surface area contributed by atoms with E-state index < -0.39 is 11.0 Å². The van der Waals surface area contributed by atoms with Crippen LogP contribution in [-0.4, -0.2) is 11.6 Å². The second kappa shape index (κ2) is 5.06. The van der Waals surface area contributed by atoms with Crippen LogP contribution in [0.25, 0.3) is 0 Å². The molecule has 2 saturated carbocycles. The first-order chi connectivity index (χ1) is 9.21. The molecule has 3 heteroatoms. The molecule has 20 heavy (non-hydrogen) atoms. The normalized spacial score (nSPS) is 33.0. The van der Waals surface area contributed by atoms with Crippen molar-refractivity contribution in [1.29, 1.82) is 5.26 Å². The van der Waals surface area contributed by atoms with Gasteiger partial charge in [-0.15, -0.1) is 0 Å². The minimum atomic E-state index is -0.413. The fraction of sp³-hybridized carbons (Fsp3) is 0.882. The highest BCUT2D eigenvalue weighted by atomic mass is 16.6. The van der Waals surface area contributed by atoms with Gasteiger partial charge in [0.05, 0.1) is 11.5 Å². The molecule has 2 aliphatic rings. The molecule has 0 spiro atoms. The van der Waals surface area contributed by atoms with Crippen molar-refractivity contribution in [2.45, 2.75) is 65.9 Å². The lowest BCUT2D eigenvalue weighted by molar-refractivity contribution is -0.175. The molecule has 2 bridgehead atoms. The molecule has 0 aromatic carbocycles. The Labute approximate surface area is 122 Å². The number of ether oxygens (including phenoxy) is 1. The topological polar surface area (TPSA) is 50.1 Å². The second-order valence-electron chi connectivity index (χ2n) is 7.80. The smallest absolute Gasteiger partial charge is 0.312 e. The zero-order chi connectivity index (χ0) is 15.1. The lowest BCUT2D eigenvalue weighted by Gasteiger charge is -2.39. The van der Waals surface area contributed by atoms with E-state index in [0.717, 1.165) is 25.7 Å². The fourth-order valence-electron chi connectivity index (χ4n) is 3.88. The Morgan fingerprint density at radius 3 is 2.30 bits per heavy atom. The van der Waals surface area contributed by atoms with Crippen LogP contribution in [-0.2, 0) is 9.53 Å². The summed E-state index contributed by atoms with van der Waals surface area (Å²) in [4.78, 5) is 12.3. The molecule has 2 fully saturated rings. The molecule has 0 N–H and O–H groups in total. The number of hydrogen-bond donors (Lipinski definition) is 0. The summed E-state index contributed by atoms with van der Waals surface area (Å²) >= 11 is 0. The van der Waals surface area contributed by atoms with Crippen molar-refractivity contribution in [3.8, 4) is 6.07 Å². The van der Waals surface area contributed by atoms with Crippen LogP contribution in [0.5, 0.6) is 0 Å². The van der Waals surface area contributed by atoms with Crippen molar-refractivity contribution in [2.75, 3.05) is 0 Å². The fourth-order valence-corrected chi connectivity index (χ4v) is 3.88. The third-order valence-corrected chi connectivity index (χ3v) is 5.71. The van der Waals surface area contributed by atoms with E-state index in [1.54, 1.807) is 0 Å². The van der Waals surface area contributed by atoms with Crippen LogP contribution in [0.15, 0.2) is 0 Å². The van der Waals surface area contributed by atoms with Crippen molar-refractivity contribution in [3.05, 3.63) is 0 Å². The van der Waals surface area contributed by atoms with Crippen LogP contribution in [0.2, 0.25) is 0 Å². The standard InChI is InChI=1S/C17H27NO2/c1-6-16(2,3)15(19)20-17(4,5)14-9-11-7-12(14)8-13(11)10-18/h11-14H,6-9H2,1-5H3. The predicted molar refractivity (Wildman–Crippen MR) is 77.7 cm³/mol. The van der Waals surface area contributed by atoms with E-state index in [9.17, 15) is 4.79 Å². The maximum atomic E-state index is 12.3. The summed E-state index contributed by atoms with van der Waals surface area (Å²) in [7, 11) is 0. The number of nitrogens with zero attached hydrogens (tertiary/aromatic N) is 1. The average molecular weight is 277 g/mol. The highest BCUT2D eigenvalue weighted by molar-refractivity contribution is 5.76. The van der Waals surface area contributed by atoms with Gasteiger partial charge in [0.2, 0.25) is 0 Å². The molecule has 4 unspecified atom stereocenters. The van der Waals surface area contributed by atoms with Crippen molar-refractivity contribution in [1.82, 2.24) is 0 Å². The third kappa shape index (κ3) is 2.57. The first kappa shape index (κ1) is 15.4. The highest BCUT2D eigenvalue weighted by Gasteiger charge is 2.52. The molecular formula is C17H27NO2. The number of nitriles is 1. The van der Waals surface area contributed by atoms with E-state index in [-0.39, 0.29) is 11.9 Å². The molecule has 0 heterocycles. The van der Waals surface area contributed by atoms with Gasteiger partial charge in [-0.2, -0.15) is 5.26 Å². The monoisotopic (exact) mass is 277 g/mol. The Balaban J connectivity index is 2.03. The Morgan fingerprint density at radius 1 is 1.20 bits per heavy atom. The van der Waals surface area contributed by atoms with Crippen LogP contribution in [0.3, 0.4) is 0 Å². The molecule has 2 rings (SSSR count). The predicted octanol–water partition coefficient (Wildman–Crippen LogP) is 3.93. The summed E-state index contributed by atoms with van der Waals surface area (Å²) in [6.45, 7) is 9.99. The Kier molecular flexibility index (Phi) is 3.88. The Morgan fingerprint density at radius 2 is 1.85 bits per heavy atom. The summed E-state index contributed by atoms with van der Waals surface area (Å²) in [6, 6.07) is 2.43. The number of fused-ring (bicyclic) bond motifs is 2. The summed E-state index contributed by atoms with van der Waals surface area (Å²) in [6.07, 6.45) is 3.95. The Bertz CT molecular complexity index is 433. The quantitative estimate of drug-likeness (QED) is 0.731. The van der Waals surface area contributed by atoms with Crippen molar-refractivity contribution >= 4 is 5.97 Å². The van der Waals surface area contributed by atoms with Crippen LogP contribution in [0.1, 0.15) is 60.3 Å². The summed E-state index contributed by atoms with van der Waals surface area (Å²) in [5, 5.41) is 9.13. The van der Waals surface area contributed by atoms with Gasteiger partial charge in [-0.1, -0.05) is 6.92 Å². The van der Waals surface area contributed by atoms with Crippen molar-refractivity contribution in [2.24, 2.45) is 29.1 Å². The SMILES string of the molecule is CCC(C)(C)C(=O)OC(C)(C)C1CC2CC1CC2C#N. The van der Waals surface area contributed by atoms with Gasteiger partial charge >= 0.3 is 5.97 Å². The van der Waals surface area contributed by atoms with Gasteiger partial charge in [0, 0.05) is 11.8 Å². The Hall–Kier alpha value is -1.04. The second-order valence-corrected chi connectivity index (χ2v) is 7.80. The number of rotatable bonds is 4. The number of esters is 1. The lowest BCUT2D eigenvalue weighted by Crippen LogP contribution is -2.43. The van der Waals surface area contributed by atoms with Gasteiger partial charge in [0.25, 0.3) is 0 Å². The first-order valence-corrected chi connectivity index (χ1v) is 7.84. The third-order valence-electron chi connectivity index (χ3n) is 5.71. The van der Waals surface area contributed by atoms with Crippen molar-refractivity contribution in [3.63, 3.8) is 0 Å². The molecule has 2 aliphatic carbocycles. The maximum Gasteiger partial charge on any atom is 0.312 e. The number of hydrogen-bond acceptors (Lipinski definition) is 3. The van der Waals surface area contributed by atoms with Crippen molar-refractivity contribution < 1.29 is 9.53 Å². The molecule has 0 aromatic heterocycles. The van der Waals surface area contributed by atoms with E-state index in [4.69, 9.17) is 10.00 Å². The largest absolute Gasteiger partial charge is 0.459 e. The van der Waals surface area contributed by atoms with Gasteiger partial charge in [-0.05, 0) is 65.2 Å². The minimum absolute atomic E-state index is 0.0930. The molecule has 0 amide bonds.